The van der Waals surface area contributed by atoms with Crippen LogP contribution in [0.5, 0.6) is 5.75 Å². The van der Waals surface area contributed by atoms with Crippen molar-refractivity contribution in [2.45, 2.75) is 83.9 Å². The Bertz CT molecular complexity index is 415. The zero-order chi connectivity index (χ0) is 17.0. The lowest BCUT2D eigenvalue weighted by molar-refractivity contribution is -0.274. The highest BCUT2D eigenvalue weighted by atomic mass is 19.4. The first-order valence-electron chi connectivity index (χ1n) is 8.86. The van der Waals surface area contributed by atoms with Gasteiger partial charge in [-0.3, -0.25) is 0 Å². The number of ether oxygens (including phenoxy) is 1. The van der Waals surface area contributed by atoms with Crippen LogP contribution in [-0.4, -0.2) is 6.36 Å². The van der Waals surface area contributed by atoms with Crippen LogP contribution in [0.3, 0.4) is 0 Å². The number of aryl methyl sites for hydroxylation is 1. The number of alkyl halides is 3. The van der Waals surface area contributed by atoms with Gasteiger partial charge in [-0.15, -0.1) is 13.2 Å². The standard InChI is InChI=1S/C19H29F3O/c1-2-3-4-5-6-7-8-9-10-11-13-17-14-12-15-18(16-17)23-19(20,21)22/h12,14-16H,2-11,13H2,1H3. The normalized spacial score (nSPS) is 11.7. The molecule has 132 valence electrons. The van der Waals surface area contributed by atoms with E-state index in [9.17, 15) is 13.2 Å². The van der Waals surface area contributed by atoms with Crippen molar-refractivity contribution in [3.05, 3.63) is 29.8 Å². The number of hydrogen-bond donors (Lipinski definition) is 0. The molecule has 1 rings (SSSR count). The lowest BCUT2D eigenvalue weighted by atomic mass is 10.0. The Morgan fingerprint density at radius 1 is 0.826 bits per heavy atom. The maximum Gasteiger partial charge on any atom is 0.573 e. The van der Waals surface area contributed by atoms with E-state index in [2.05, 4.69) is 11.7 Å². The van der Waals surface area contributed by atoms with Crippen LogP contribution < -0.4 is 4.74 Å². The van der Waals surface area contributed by atoms with Crippen LogP contribution in [0.4, 0.5) is 13.2 Å². The van der Waals surface area contributed by atoms with E-state index < -0.39 is 6.36 Å². The summed E-state index contributed by atoms with van der Waals surface area (Å²) in [4.78, 5) is 0. The molecule has 0 radical (unpaired) electrons. The zero-order valence-electron chi connectivity index (χ0n) is 14.1. The van der Waals surface area contributed by atoms with Crippen molar-refractivity contribution in [2.75, 3.05) is 0 Å². The molecule has 0 bridgehead atoms. The van der Waals surface area contributed by atoms with Crippen molar-refractivity contribution in [3.8, 4) is 5.75 Å². The number of rotatable bonds is 12. The molecule has 0 fully saturated rings. The predicted molar refractivity (Wildman–Crippen MR) is 88.7 cm³/mol. The summed E-state index contributed by atoms with van der Waals surface area (Å²) in [6.45, 7) is 2.23. The highest BCUT2D eigenvalue weighted by molar-refractivity contribution is 5.28. The van der Waals surface area contributed by atoms with E-state index in [0.29, 0.717) is 0 Å². The molecule has 0 aliphatic rings. The summed E-state index contributed by atoms with van der Waals surface area (Å²) in [7, 11) is 0. The van der Waals surface area contributed by atoms with Gasteiger partial charge in [-0.25, -0.2) is 0 Å². The molecule has 0 unspecified atom stereocenters. The van der Waals surface area contributed by atoms with Gasteiger partial charge in [-0.1, -0.05) is 76.8 Å². The first-order valence-corrected chi connectivity index (χ1v) is 8.86. The van der Waals surface area contributed by atoms with Crippen molar-refractivity contribution >= 4 is 0 Å². The van der Waals surface area contributed by atoms with Crippen molar-refractivity contribution in [2.24, 2.45) is 0 Å². The molecule has 0 atom stereocenters. The molecule has 0 saturated carbocycles. The lowest BCUT2D eigenvalue weighted by Crippen LogP contribution is -2.17. The SMILES string of the molecule is CCCCCCCCCCCCc1cccc(OC(F)(F)F)c1. The molecule has 0 spiro atoms. The highest BCUT2D eigenvalue weighted by Gasteiger charge is 2.31. The molecule has 23 heavy (non-hydrogen) atoms. The van der Waals surface area contributed by atoms with Gasteiger partial charge in [0.25, 0.3) is 0 Å². The fourth-order valence-electron chi connectivity index (χ4n) is 2.71. The van der Waals surface area contributed by atoms with E-state index in [4.69, 9.17) is 0 Å². The van der Waals surface area contributed by atoms with Crippen LogP contribution in [0.25, 0.3) is 0 Å². The van der Waals surface area contributed by atoms with Crippen LogP contribution in [0, 0.1) is 0 Å². The molecule has 0 aliphatic heterocycles. The Kier molecular flexibility index (Phi) is 9.81. The summed E-state index contributed by atoms with van der Waals surface area (Å²) in [6, 6.07) is 6.31. The summed E-state index contributed by atoms with van der Waals surface area (Å²) in [5.41, 5.74) is 0.909. The molecule has 0 aliphatic carbocycles. The molecule has 0 saturated heterocycles. The van der Waals surface area contributed by atoms with Gasteiger partial charge in [0.15, 0.2) is 0 Å². The van der Waals surface area contributed by atoms with Crippen LogP contribution in [0.2, 0.25) is 0 Å². The zero-order valence-corrected chi connectivity index (χ0v) is 14.1. The number of hydrogen-bond acceptors (Lipinski definition) is 1. The smallest absolute Gasteiger partial charge is 0.406 e. The van der Waals surface area contributed by atoms with E-state index >= 15 is 0 Å². The van der Waals surface area contributed by atoms with E-state index in [1.807, 2.05) is 6.07 Å². The third-order valence-corrected chi connectivity index (χ3v) is 3.95. The van der Waals surface area contributed by atoms with Crippen LogP contribution in [0.15, 0.2) is 24.3 Å². The van der Waals surface area contributed by atoms with E-state index in [-0.39, 0.29) is 5.75 Å². The topological polar surface area (TPSA) is 9.23 Å². The minimum atomic E-state index is -4.62. The first-order chi connectivity index (χ1) is 11.0. The second kappa shape index (κ2) is 11.4. The molecule has 1 aromatic rings. The molecule has 0 N–H and O–H groups in total. The fourth-order valence-corrected chi connectivity index (χ4v) is 2.71. The molecule has 1 aromatic carbocycles. The predicted octanol–water partition coefficient (Wildman–Crippen LogP) is 7.05. The van der Waals surface area contributed by atoms with Crippen molar-refractivity contribution in [1.29, 1.82) is 0 Å². The third kappa shape index (κ3) is 11.1. The molecule has 0 heterocycles. The van der Waals surface area contributed by atoms with E-state index in [1.165, 1.54) is 63.5 Å². The summed E-state index contributed by atoms with van der Waals surface area (Å²) in [6.07, 6.45) is 8.80. The highest BCUT2D eigenvalue weighted by Crippen LogP contribution is 2.24. The largest absolute Gasteiger partial charge is 0.573 e. The minimum Gasteiger partial charge on any atom is -0.406 e. The molecular weight excluding hydrogens is 301 g/mol. The van der Waals surface area contributed by atoms with Crippen molar-refractivity contribution in [1.82, 2.24) is 0 Å². The van der Waals surface area contributed by atoms with Gasteiger partial charge in [-0.2, -0.15) is 0 Å². The molecule has 0 amide bonds. The molecule has 0 aromatic heterocycles. The Labute approximate surface area is 138 Å². The maximum atomic E-state index is 12.2. The van der Waals surface area contributed by atoms with Crippen LogP contribution >= 0.6 is 0 Å². The molecule has 1 nitrogen and oxygen atoms in total. The average Bonchev–Trinajstić information content (AvgIpc) is 2.48. The van der Waals surface area contributed by atoms with Crippen LogP contribution in [0.1, 0.15) is 76.7 Å². The Balaban J connectivity index is 2.08. The van der Waals surface area contributed by atoms with Gasteiger partial charge in [0.1, 0.15) is 5.75 Å². The molecule has 4 heteroatoms. The third-order valence-electron chi connectivity index (χ3n) is 3.95. The van der Waals surface area contributed by atoms with Gasteiger partial charge in [0, 0.05) is 0 Å². The Morgan fingerprint density at radius 3 is 1.96 bits per heavy atom. The second-order valence-electron chi connectivity index (χ2n) is 6.13. The summed E-state index contributed by atoms with van der Waals surface area (Å²) < 4.78 is 40.5. The van der Waals surface area contributed by atoms with Gasteiger partial charge in [0.2, 0.25) is 0 Å². The second-order valence-corrected chi connectivity index (χ2v) is 6.13. The quantitative estimate of drug-likeness (QED) is 0.373. The summed E-state index contributed by atoms with van der Waals surface area (Å²) in [5, 5.41) is 0. The summed E-state index contributed by atoms with van der Waals surface area (Å²) >= 11 is 0. The van der Waals surface area contributed by atoms with Crippen molar-refractivity contribution < 1.29 is 17.9 Å². The van der Waals surface area contributed by atoms with E-state index in [1.54, 1.807) is 6.07 Å². The molecular formula is C19H29F3O. The lowest BCUT2D eigenvalue weighted by Gasteiger charge is -2.10. The van der Waals surface area contributed by atoms with E-state index in [0.717, 1.165) is 24.8 Å². The summed E-state index contributed by atoms with van der Waals surface area (Å²) in [5.74, 6) is -0.123. The van der Waals surface area contributed by atoms with Crippen molar-refractivity contribution in [3.63, 3.8) is 0 Å². The monoisotopic (exact) mass is 330 g/mol. The average molecular weight is 330 g/mol. The van der Waals surface area contributed by atoms with Gasteiger partial charge in [-0.05, 0) is 30.5 Å². The first kappa shape index (κ1) is 19.9. The van der Waals surface area contributed by atoms with Gasteiger partial charge >= 0.3 is 6.36 Å². The Morgan fingerprint density at radius 2 is 1.39 bits per heavy atom. The Hall–Kier alpha value is -1.19. The van der Waals surface area contributed by atoms with Gasteiger partial charge < -0.3 is 4.74 Å². The number of benzene rings is 1. The minimum absolute atomic E-state index is 0.123. The number of halogens is 3. The fraction of sp³-hybridized carbons (Fsp3) is 0.684. The maximum absolute atomic E-state index is 12.2. The number of unbranched alkanes of at least 4 members (excludes halogenated alkanes) is 9. The van der Waals surface area contributed by atoms with Crippen LogP contribution in [-0.2, 0) is 6.42 Å². The van der Waals surface area contributed by atoms with Gasteiger partial charge in [0.05, 0.1) is 0 Å².